The SMILES string of the molecule is CSc1ccc(NC(=O)COC(=O)c2ccc(CNC(C)=O)cc2)cc1. The predicted molar refractivity (Wildman–Crippen MR) is 101 cm³/mol. The third-order valence-electron chi connectivity index (χ3n) is 3.44. The third-order valence-corrected chi connectivity index (χ3v) is 4.18. The van der Waals surface area contributed by atoms with Crippen molar-refractivity contribution in [2.75, 3.05) is 18.2 Å². The molecule has 26 heavy (non-hydrogen) atoms. The molecule has 2 amide bonds. The lowest BCUT2D eigenvalue weighted by molar-refractivity contribution is -0.119. The molecule has 2 aromatic rings. The van der Waals surface area contributed by atoms with Crippen LogP contribution in [0.2, 0.25) is 0 Å². The first kappa shape index (κ1) is 19.5. The molecule has 0 aliphatic carbocycles. The van der Waals surface area contributed by atoms with E-state index in [0.717, 1.165) is 10.5 Å². The summed E-state index contributed by atoms with van der Waals surface area (Å²) in [5.41, 5.74) is 1.85. The van der Waals surface area contributed by atoms with Crippen molar-refractivity contribution in [3.05, 3.63) is 59.7 Å². The molecule has 0 aliphatic rings. The molecule has 2 aromatic carbocycles. The molecule has 0 aromatic heterocycles. The van der Waals surface area contributed by atoms with E-state index in [1.165, 1.54) is 6.92 Å². The molecule has 0 radical (unpaired) electrons. The fraction of sp³-hybridized carbons (Fsp3) is 0.211. The standard InChI is InChI=1S/C19H20N2O4S/c1-13(22)20-11-14-3-5-15(6-4-14)19(24)25-12-18(23)21-16-7-9-17(26-2)10-8-16/h3-10H,11-12H2,1-2H3,(H,20,22)(H,21,23). The van der Waals surface area contributed by atoms with Crippen LogP contribution in [-0.2, 0) is 20.9 Å². The molecular weight excluding hydrogens is 352 g/mol. The van der Waals surface area contributed by atoms with Crippen molar-refractivity contribution < 1.29 is 19.1 Å². The van der Waals surface area contributed by atoms with Crippen molar-refractivity contribution in [2.24, 2.45) is 0 Å². The summed E-state index contributed by atoms with van der Waals surface area (Å²) >= 11 is 1.61. The van der Waals surface area contributed by atoms with Crippen LogP contribution in [0.25, 0.3) is 0 Å². The monoisotopic (exact) mass is 372 g/mol. The minimum atomic E-state index is -0.580. The van der Waals surface area contributed by atoms with Gasteiger partial charge in [-0.25, -0.2) is 4.79 Å². The van der Waals surface area contributed by atoms with Crippen LogP contribution in [0.4, 0.5) is 5.69 Å². The van der Waals surface area contributed by atoms with Crippen molar-refractivity contribution in [3.63, 3.8) is 0 Å². The summed E-state index contributed by atoms with van der Waals surface area (Å²) in [5, 5.41) is 5.34. The van der Waals surface area contributed by atoms with Gasteiger partial charge >= 0.3 is 5.97 Å². The topological polar surface area (TPSA) is 84.5 Å². The van der Waals surface area contributed by atoms with E-state index in [1.807, 2.05) is 18.4 Å². The van der Waals surface area contributed by atoms with E-state index < -0.39 is 11.9 Å². The van der Waals surface area contributed by atoms with E-state index in [0.29, 0.717) is 17.8 Å². The predicted octanol–water partition coefficient (Wildman–Crippen LogP) is 2.84. The van der Waals surface area contributed by atoms with Gasteiger partial charge in [-0.15, -0.1) is 11.8 Å². The molecule has 0 bridgehead atoms. The van der Waals surface area contributed by atoms with Crippen LogP contribution in [-0.4, -0.2) is 30.6 Å². The highest BCUT2D eigenvalue weighted by molar-refractivity contribution is 7.98. The van der Waals surface area contributed by atoms with Gasteiger partial charge in [0.05, 0.1) is 5.56 Å². The lowest BCUT2D eigenvalue weighted by Gasteiger charge is -2.08. The Kier molecular flexibility index (Phi) is 7.23. The summed E-state index contributed by atoms with van der Waals surface area (Å²) in [5.74, 6) is -1.11. The molecule has 0 aliphatic heterocycles. The van der Waals surface area contributed by atoms with Gasteiger partial charge in [-0.3, -0.25) is 9.59 Å². The van der Waals surface area contributed by atoms with Crippen molar-refractivity contribution in [1.82, 2.24) is 5.32 Å². The Balaban J connectivity index is 1.81. The summed E-state index contributed by atoms with van der Waals surface area (Å²) in [6.07, 6.45) is 1.97. The molecule has 0 saturated carbocycles. The molecule has 0 saturated heterocycles. The first-order valence-electron chi connectivity index (χ1n) is 7.92. The Morgan fingerprint density at radius 2 is 1.65 bits per heavy atom. The quantitative estimate of drug-likeness (QED) is 0.577. The zero-order valence-corrected chi connectivity index (χ0v) is 15.4. The summed E-state index contributed by atoms with van der Waals surface area (Å²) in [4.78, 5) is 35.8. The van der Waals surface area contributed by atoms with E-state index in [-0.39, 0.29) is 12.5 Å². The Labute approximate surface area is 156 Å². The smallest absolute Gasteiger partial charge is 0.338 e. The van der Waals surface area contributed by atoms with Gasteiger partial charge in [0.2, 0.25) is 5.91 Å². The van der Waals surface area contributed by atoms with Crippen molar-refractivity contribution in [2.45, 2.75) is 18.4 Å². The summed E-state index contributed by atoms with van der Waals surface area (Å²) in [7, 11) is 0. The second kappa shape index (κ2) is 9.62. The summed E-state index contributed by atoms with van der Waals surface area (Å²) in [6, 6.07) is 14.0. The number of carbonyl (C=O) groups is 3. The second-order valence-corrected chi connectivity index (χ2v) is 6.34. The maximum absolute atomic E-state index is 12.0. The van der Waals surface area contributed by atoms with Gasteiger partial charge < -0.3 is 15.4 Å². The average Bonchev–Trinajstić information content (AvgIpc) is 2.65. The third kappa shape index (κ3) is 6.25. The molecule has 0 fully saturated rings. The first-order chi connectivity index (χ1) is 12.5. The molecular formula is C19H20N2O4S. The second-order valence-electron chi connectivity index (χ2n) is 5.46. The number of ether oxygens (including phenoxy) is 1. The molecule has 6 nitrogen and oxygen atoms in total. The molecule has 0 atom stereocenters. The van der Waals surface area contributed by atoms with Crippen molar-refractivity contribution >= 4 is 35.2 Å². The van der Waals surface area contributed by atoms with Crippen molar-refractivity contribution in [3.8, 4) is 0 Å². The Bertz CT molecular complexity index is 773. The lowest BCUT2D eigenvalue weighted by Crippen LogP contribution is -2.21. The Hall–Kier alpha value is -2.80. The van der Waals surface area contributed by atoms with Crippen LogP contribution in [0.5, 0.6) is 0 Å². The number of thioether (sulfide) groups is 1. The van der Waals surface area contributed by atoms with Crippen molar-refractivity contribution in [1.29, 1.82) is 0 Å². The number of rotatable bonds is 7. The van der Waals surface area contributed by atoms with Crippen LogP contribution >= 0.6 is 11.8 Å². The Morgan fingerprint density at radius 3 is 2.23 bits per heavy atom. The number of carbonyl (C=O) groups excluding carboxylic acids is 3. The normalized spacial score (nSPS) is 10.1. The van der Waals surface area contributed by atoms with E-state index in [4.69, 9.17) is 4.74 Å². The van der Waals surface area contributed by atoms with Crippen LogP contribution in [0.3, 0.4) is 0 Å². The molecule has 0 spiro atoms. The maximum Gasteiger partial charge on any atom is 0.338 e. The molecule has 7 heteroatoms. The fourth-order valence-electron chi connectivity index (χ4n) is 2.07. The molecule has 0 unspecified atom stereocenters. The van der Waals surface area contributed by atoms with Gasteiger partial charge in [0.15, 0.2) is 6.61 Å². The maximum atomic E-state index is 12.0. The van der Waals surface area contributed by atoms with Crippen LogP contribution in [0.1, 0.15) is 22.8 Å². The number of anilines is 1. The van der Waals surface area contributed by atoms with E-state index in [9.17, 15) is 14.4 Å². The van der Waals surface area contributed by atoms with Crippen LogP contribution in [0.15, 0.2) is 53.4 Å². The van der Waals surface area contributed by atoms with Gasteiger partial charge in [0.1, 0.15) is 0 Å². The van der Waals surface area contributed by atoms with E-state index in [2.05, 4.69) is 10.6 Å². The highest BCUT2D eigenvalue weighted by Gasteiger charge is 2.10. The fourth-order valence-corrected chi connectivity index (χ4v) is 2.48. The van der Waals surface area contributed by atoms with Gasteiger partial charge in [-0.05, 0) is 48.2 Å². The highest BCUT2D eigenvalue weighted by atomic mass is 32.2. The zero-order chi connectivity index (χ0) is 18.9. The van der Waals surface area contributed by atoms with Gasteiger partial charge in [-0.1, -0.05) is 12.1 Å². The molecule has 136 valence electrons. The number of esters is 1. The van der Waals surface area contributed by atoms with Gasteiger partial charge in [0, 0.05) is 24.1 Å². The minimum absolute atomic E-state index is 0.123. The minimum Gasteiger partial charge on any atom is -0.452 e. The number of nitrogens with one attached hydrogen (secondary N) is 2. The lowest BCUT2D eigenvalue weighted by atomic mass is 10.1. The van der Waals surface area contributed by atoms with E-state index in [1.54, 1.807) is 48.2 Å². The summed E-state index contributed by atoms with van der Waals surface area (Å²) in [6.45, 7) is 1.47. The summed E-state index contributed by atoms with van der Waals surface area (Å²) < 4.78 is 5.02. The molecule has 2 N–H and O–H groups in total. The number of benzene rings is 2. The van der Waals surface area contributed by atoms with Crippen LogP contribution < -0.4 is 10.6 Å². The zero-order valence-electron chi connectivity index (χ0n) is 14.6. The molecule has 0 heterocycles. The average molecular weight is 372 g/mol. The largest absolute Gasteiger partial charge is 0.452 e. The number of hydrogen-bond acceptors (Lipinski definition) is 5. The van der Waals surface area contributed by atoms with E-state index >= 15 is 0 Å². The van der Waals surface area contributed by atoms with Gasteiger partial charge in [0.25, 0.3) is 5.91 Å². The Morgan fingerprint density at radius 1 is 1.00 bits per heavy atom. The number of hydrogen-bond donors (Lipinski definition) is 2. The highest BCUT2D eigenvalue weighted by Crippen LogP contribution is 2.17. The van der Waals surface area contributed by atoms with Gasteiger partial charge in [-0.2, -0.15) is 0 Å². The van der Waals surface area contributed by atoms with Crippen LogP contribution in [0, 0.1) is 0 Å². The molecule has 2 rings (SSSR count). The first-order valence-corrected chi connectivity index (χ1v) is 9.15. The number of amides is 2.